The van der Waals surface area contributed by atoms with Gasteiger partial charge in [0.15, 0.2) is 0 Å². The number of thioether (sulfide) groups is 1. The molecule has 27 heavy (non-hydrogen) atoms. The number of rotatable bonds is 5. The lowest BCUT2D eigenvalue weighted by molar-refractivity contribution is 0.0741. The number of carbonyl (C=O) groups excluding carboxylic acids is 1. The third kappa shape index (κ3) is 4.18. The molecule has 4 rings (SSSR count). The number of fused-ring (bicyclic) bond motifs is 1. The van der Waals surface area contributed by atoms with E-state index in [0.29, 0.717) is 6.54 Å². The highest BCUT2D eigenvalue weighted by atomic mass is 32.2. The Morgan fingerprint density at radius 2 is 1.63 bits per heavy atom. The van der Waals surface area contributed by atoms with Crippen LogP contribution in [0.2, 0.25) is 0 Å². The number of hydrogen-bond acceptors (Lipinski definition) is 3. The second kappa shape index (κ2) is 8.15. The average Bonchev–Trinajstić information content (AvgIpc) is 2.73. The molecule has 1 fully saturated rings. The fourth-order valence-electron chi connectivity index (χ4n) is 3.56. The summed E-state index contributed by atoms with van der Waals surface area (Å²) in [6, 6.07) is 24.3. The molecule has 138 valence electrons. The number of hydrogen-bond donors (Lipinski definition) is 1. The summed E-state index contributed by atoms with van der Waals surface area (Å²) in [6.45, 7) is 2.12. The Hall–Kier alpha value is -2.30. The van der Waals surface area contributed by atoms with Gasteiger partial charge >= 0.3 is 0 Å². The van der Waals surface area contributed by atoms with Crippen molar-refractivity contribution < 1.29 is 9.53 Å². The van der Waals surface area contributed by atoms with Crippen LogP contribution in [0, 0.1) is 0 Å². The highest BCUT2D eigenvalue weighted by Crippen LogP contribution is 2.40. The fraction of sp³-hybridized carbons (Fsp3) is 0.261. The van der Waals surface area contributed by atoms with E-state index in [1.165, 1.54) is 4.90 Å². The highest BCUT2D eigenvalue weighted by molar-refractivity contribution is 8.00. The van der Waals surface area contributed by atoms with Crippen molar-refractivity contribution >= 4 is 28.4 Å². The molecule has 3 aromatic carbocycles. The zero-order valence-electron chi connectivity index (χ0n) is 15.2. The molecule has 0 spiro atoms. The maximum absolute atomic E-state index is 12.9. The van der Waals surface area contributed by atoms with Crippen molar-refractivity contribution in [1.82, 2.24) is 5.32 Å². The molecule has 3 nitrogen and oxygen atoms in total. The first-order valence-corrected chi connectivity index (χ1v) is 10.2. The minimum absolute atomic E-state index is 0.00803. The third-order valence-electron chi connectivity index (χ3n) is 5.09. The smallest absolute Gasteiger partial charge is 0.251 e. The van der Waals surface area contributed by atoms with Crippen molar-refractivity contribution in [2.45, 2.75) is 22.5 Å². The lowest BCUT2D eigenvalue weighted by Crippen LogP contribution is -2.44. The Morgan fingerprint density at radius 1 is 0.926 bits per heavy atom. The molecule has 1 amide bonds. The van der Waals surface area contributed by atoms with Gasteiger partial charge in [-0.15, -0.1) is 11.8 Å². The van der Waals surface area contributed by atoms with Crippen molar-refractivity contribution in [3.8, 4) is 0 Å². The van der Waals surface area contributed by atoms with Gasteiger partial charge in [-0.1, -0.05) is 54.6 Å². The summed E-state index contributed by atoms with van der Waals surface area (Å²) in [5.41, 5.74) is 0.736. The van der Waals surface area contributed by atoms with Crippen LogP contribution in [0.4, 0.5) is 0 Å². The number of amides is 1. The topological polar surface area (TPSA) is 38.3 Å². The number of nitrogens with one attached hydrogen (secondary N) is 1. The Morgan fingerprint density at radius 3 is 2.44 bits per heavy atom. The monoisotopic (exact) mass is 377 g/mol. The molecule has 1 saturated heterocycles. The van der Waals surface area contributed by atoms with E-state index in [1.54, 1.807) is 0 Å². The van der Waals surface area contributed by atoms with Crippen LogP contribution in [0.25, 0.3) is 10.8 Å². The summed E-state index contributed by atoms with van der Waals surface area (Å²) < 4.78 is 5.56. The predicted octanol–water partition coefficient (Wildman–Crippen LogP) is 4.91. The van der Waals surface area contributed by atoms with E-state index >= 15 is 0 Å². The summed E-state index contributed by atoms with van der Waals surface area (Å²) >= 11 is 1.86. The molecular formula is C23H23NO2S. The van der Waals surface area contributed by atoms with E-state index < -0.39 is 0 Å². The SMILES string of the molecule is O=C(NCC1(Sc2ccccc2)CCOCC1)c1cccc2ccccc12. The van der Waals surface area contributed by atoms with Crippen molar-refractivity contribution in [2.24, 2.45) is 0 Å². The first kappa shape index (κ1) is 18.1. The Kier molecular flexibility index (Phi) is 5.46. The summed E-state index contributed by atoms with van der Waals surface area (Å²) in [5, 5.41) is 5.29. The van der Waals surface area contributed by atoms with Gasteiger partial charge in [0.25, 0.3) is 5.91 Å². The normalized spacial score (nSPS) is 16.1. The maximum atomic E-state index is 12.9. The van der Waals surface area contributed by atoms with Crippen LogP contribution in [0.1, 0.15) is 23.2 Å². The number of carbonyl (C=O) groups is 1. The standard InChI is InChI=1S/C23H23NO2S/c25-22(21-12-6-8-18-7-4-5-11-20(18)21)24-17-23(13-15-26-16-14-23)27-19-9-2-1-3-10-19/h1-12H,13-17H2,(H,24,25). The van der Waals surface area contributed by atoms with Crippen LogP contribution in [-0.2, 0) is 4.74 Å². The second-order valence-corrected chi connectivity index (χ2v) is 8.46. The van der Waals surface area contributed by atoms with Crippen LogP contribution in [0.15, 0.2) is 77.7 Å². The van der Waals surface area contributed by atoms with Crippen LogP contribution >= 0.6 is 11.8 Å². The van der Waals surface area contributed by atoms with Crippen LogP contribution in [0.5, 0.6) is 0 Å². The van der Waals surface area contributed by atoms with E-state index in [2.05, 4.69) is 29.6 Å². The quantitative estimate of drug-likeness (QED) is 0.686. The third-order valence-corrected chi connectivity index (χ3v) is 6.58. The van der Waals surface area contributed by atoms with E-state index in [4.69, 9.17) is 4.74 Å². The van der Waals surface area contributed by atoms with Gasteiger partial charge in [0, 0.05) is 35.0 Å². The molecule has 0 saturated carbocycles. The lowest BCUT2D eigenvalue weighted by Gasteiger charge is -2.36. The first-order chi connectivity index (χ1) is 13.3. The van der Waals surface area contributed by atoms with Gasteiger partial charge < -0.3 is 10.1 Å². The highest BCUT2D eigenvalue weighted by Gasteiger charge is 2.34. The van der Waals surface area contributed by atoms with Crippen molar-refractivity contribution in [3.05, 3.63) is 78.4 Å². The lowest BCUT2D eigenvalue weighted by atomic mass is 9.98. The molecule has 0 atom stereocenters. The second-order valence-electron chi connectivity index (χ2n) is 6.92. The number of ether oxygens (including phenoxy) is 1. The zero-order chi connectivity index (χ0) is 18.5. The average molecular weight is 378 g/mol. The van der Waals surface area contributed by atoms with Crippen molar-refractivity contribution in [1.29, 1.82) is 0 Å². The van der Waals surface area contributed by atoms with Gasteiger partial charge in [-0.25, -0.2) is 0 Å². The fourth-order valence-corrected chi connectivity index (χ4v) is 4.87. The molecule has 4 heteroatoms. The van der Waals surface area contributed by atoms with Crippen LogP contribution in [0.3, 0.4) is 0 Å². The summed E-state index contributed by atoms with van der Waals surface area (Å²) in [7, 11) is 0. The summed E-state index contributed by atoms with van der Waals surface area (Å²) in [5.74, 6) is -0.00803. The van der Waals surface area contributed by atoms with E-state index in [0.717, 1.165) is 42.4 Å². The molecule has 1 heterocycles. The molecule has 0 radical (unpaired) electrons. The molecule has 1 N–H and O–H groups in total. The Balaban J connectivity index is 1.52. The summed E-state index contributed by atoms with van der Waals surface area (Å²) in [4.78, 5) is 14.2. The van der Waals surface area contributed by atoms with Gasteiger partial charge in [0.2, 0.25) is 0 Å². The van der Waals surface area contributed by atoms with Gasteiger partial charge in [-0.2, -0.15) is 0 Å². The van der Waals surface area contributed by atoms with Gasteiger partial charge in [0.1, 0.15) is 0 Å². The van der Waals surface area contributed by atoms with E-state index in [1.807, 2.05) is 60.3 Å². The molecule has 0 unspecified atom stereocenters. The van der Waals surface area contributed by atoms with Crippen LogP contribution < -0.4 is 5.32 Å². The van der Waals surface area contributed by atoms with Crippen molar-refractivity contribution in [2.75, 3.05) is 19.8 Å². The van der Waals surface area contributed by atoms with Gasteiger partial charge in [0.05, 0.1) is 0 Å². The van der Waals surface area contributed by atoms with Gasteiger partial charge in [-0.05, 0) is 41.8 Å². The Labute approximate surface area is 164 Å². The molecule has 3 aromatic rings. The number of benzene rings is 3. The minimum Gasteiger partial charge on any atom is -0.381 e. The van der Waals surface area contributed by atoms with Crippen molar-refractivity contribution in [3.63, 3.8) is 0 Å². The zero-order valence-corrected chi connectivity index (χ0v) is 16.0. The molecule has 1 aliphatic rings. The largest absolute Gasteiger partial charge is 0.381 e. The van der Waals surface area contributed by atoms with E-state index in [9.17, 15) is 4.79 Å². The molecule has 0 aromatic heterocycles. The molecular weight excluding hydrogens is 354 g/mol. The summed E-state index contributed by atoms with van der Waals surface area (Å²) in [6.07, 6.45) is 1.87. The molecule has 0 aliphatic carbocycles. The van der Waals surface area contributed by atoms with Gasteiger partial charge in [-0.3, -0.25) is 4.79 Å². The maximum Gasteiger partial charge on any atom is 0.251 e. The van der Waals surface area contributed by atoms with E-state index in [-0.39, 0.29) is 10.7 Å². The molecule has 1 aliphatic heterocycles. The Bertz CT molecular complexity index is 915. The molecule has 0 bridgehead atoms. The predicted molar refractivity (Wildman–Crippen MR) is 111 cm³/mol. The first-order valence-electron chi connectivity index (χ1n) is 9.34. The minimum atomic E-state index is -0.0279. The van der Waals surface area contributed by atoms with Crippen LogP contribution in [-0.4, -0.2) is 30.4 Å².